The van der Waals surface area contributed by atoms with Crippen molar-refractivity contribution in [2.45, 2.75) is 38.1 Å². The molecule has 0 N–H and O–H groups in total. The molecule has 0 saturated carbocycles. The second kappa shape index (κ2) is 7.55. The third kappa shape index (κ3) is 3.61. The Hall–Kier alpha value is -2.63. The number of anilines is 1. The fourth-order valence-corrected chi connectivity index (χ4v) is 4.27. The summed E-state index contributed by atoms with van der Waals surface area (Å²) in [4.78, 5) is 29.1. The SMILES string of the molecule is CN1C(=O)CC(C(=O)N2CCC(CCn3cccn3)CC2)c2ccccc21. The number of carbonyl (C=O) groups excluding carboxylic acids is 2. The van der Waals surface area contributed by atoms with Gasteiger partial charge in [-0.15, -0.1) is 0 Å². The zero-order valence-electron chi connectivity index (χ0n) is 15.8. The maximum atomic E-state index is 13.2. The molecule has 6 nitrogen and oxygen atoms in total. The number of nitrogens with zero attached hydrogens (tertiary/aromatic N) is 4. The quantitative estimate of drug-likeness (QED) is 0.836. The summed E-state index contributed by atoms with van der Waals surface area (Å²) in [5.74, 6) is 0.408. The van der Waals surface area contributed by atoms with Gasteiger partial charge >= 0.3 is 0 Å². The lowest BCUT2D eigenvalue weighted by molar-refractivity contribution is -0.136. The van der Waals surface area contributed by atoms with Crippen LogP contribution in [0, 0.1) is 5.92 Å². The Bertz CT molecular complexity index is 809. The average molecular weight is 366 g/mol. The van der Waals surface area contributed by atoms with E-state index in [1.54, 1.807) is 11.9 Å². The Morgan fingerprint density at radius 1 is 1.19 bits per heavy atom. The van der Waals surface area contributed by atoms with E-state index in [1.165, 1.54) is 0 Å². The molecule has 142 valence electrons. The Morgan fingerprint density at radius 2 is 1.96 bits per heavy atom. The second-order valence-corrected chi connectivity index (χ2v) is 7.59. The lowest BCUT2D eigenvalue weighted by Crippen LogP contribution is -2.44. The summed E-state index contributed by atoms with van der Waals surface area (Å²) in [5, 5.41) is 4.26. The highest BCUT2D eigenvalue weighted by molar-refractivity contribution is 6.02. The lowest BCUT2D eigenvalue weighted by atomic mass is 9.87. The van der Waals surface area contributed by atoms with Crippen molar-refractivity contribution in [1.82, 2.24) is 14.7 Å². The number of carbonyl (C=O) groups is 2. The summed E-state index contributed by atoms with van der Waals surface area (Å²) >= 11 is 0. The summed E-state index contributed by atoms with van der Waals surface area (Å²) in [6.45, 7) is 2.50. The Labute approximate surface area is 159 Å². The highest BCUT2D eigenvalue weighted by Crippen LogP contribution is 2.37. The smallest absolute Gasteiger partial charge is 0.230 e. The molecule has 4 rings (SSSR count). The number of fused-ring (bicyclic) bond motifs is 1. The van der Waals surface area contributed by atoms with Gasteiger partial charge in [0.25, 0.3) is 0 Å². The molecular formula is C21H26N4O2. The van der Waals surface area contributed by atoms with E-state index >= 15 is 0 Å². The van der Waals surface area contributed by atoms with Gasteiger partial charge in [0.05, 0.1) is 5.92 Å². The number of piperidine rings is 1. The lowest BCUT2D eigenvalue weighted by Gasteiger charge is -2.37. The van der Waals surface area contributed by atoms with E-state index in [9.17, 15) is 9.59 Å². The maximum absolute atomic E-state index is 13.2. The topological polar surface area (TPSA) is 58.4 Å². The van der Waals surface area contributed by atoms with Crippen molar-refractivity contribution in [1.29, 1.82) is 0 Å². The molecule has 0 bridgehead atoms. The first-order valence-corrected chi connectivity index (χ1v) is 9.75. The van der Waals surface area contributed by atoms with Gasteiger partial charge in [-0.25, -0.2) is 0 Å². The van der Waals surface area contributed by atoms with Crippen LogP contribution < -0.4 is 4.90 Å². The number of aryl methyl sites for hydroxylation is 1. The molecule has 1 aromatic heterocycles. The number of likely N-dealkylation sites (tertiary alicyclic amines) is 1. The van der Waals surface area contributed by atoms with Crippen molar-refractivity contribution in [3.8, 4) is 0 Å². The molecule has 1 fully saturated rings. The van der Waals surface area contributed by atoms with Crippen LogP contribution in [0.3, 0.4) is 0 Å². The molecule has 27 heavy (non-hydrogen) atoms. The highest BCUT2D eigenvalue weighted by Gasteiger charge is 2.36. The number of para-hydroxylation sites is 1. The van der Waals surface area contributed by atoms with Gasteiger partial charge in [-0.1, -0.05) is 18.2 Å². The van der Waals surface area contributed by atoms with E-state index in [4.69, 9.17) is 0 Å². The molecule has 2 aromatic rings. The molecule has 1 saturated heterocycles. The fourth-order valence-electron chi connectivity index (χ4n) is 4.27. The average Bonchev–Trinajstić information content (AvgIpc) is 3.23. The van der Waals surface area contributed by atoms with E-state index in [2.05, 4.69) is 5.10 Å². The monoisotopic (exact) mass is 366 g/mol. The molecule has 2 amide bonds. The van der Waals surface area contributed by atoms with Gasteiger partial charge < -0.3 is 9.80 Å². The first-order valence-electron chi connectivity index (χ1n) is 9.75. The maximum Gasteiger partial charge on any atom is 0.230 e. The van der Waals surface area contributed by atoms with E-state index in [-0.39, 0.29) is 24.2 Å². The highest BCUT2D eigenvalue weighted by atomic mass is 16.2. The van der Waals surface area contributed by atoms with Crippen molar-refractivity contribution >= 4 is 17.5 Å². The van der Waals surface area contributed by atoms with Crippen molar-refractivity contribution in [3.63, 3.8) is 0 Å². The minimum atomic E-state index is -0.342. The Balaban J connectivity index is 1.38. The van der Waals surface area contributed by atoms with Gasteiger partial charge in [-0.3, -0.25) is 14.3 Å². The summed E-state index contributed by atoms with van der Waals surface area (Å²) in [5.41, 5.74) is 1.84. The van der Waals surface area contributed by atoms with Crippen LogP contribution in [0.5, 0.6) is 0 Å². The Kier molecular flexibility index (Phi) is 4.97. The first-order chi connectivity index (χ1) is 13.1. The normalized spacial score (nSPS) is 20.6. The zero-order chi connectivity index (χ0) is 18.8. The molecule has 0 aliphatic carbocycles. The molecule has 3 heterocycles. The van der Waals surface area contributed by atoms with Gasteiger partial charge in [0.1, 0.15) is 0 Å². The number of amides is 2. The van der Waals surface area contributed by atoms with Gasteiger partial charge in [-0.2, -0.15) is 5.10 Å². The molecule has 0 spiro atoms. The van der Waals surface area contributed by atoms with Gasteiger partial charge in [0, 0.05) is 51.2 Å². The van der Waals surface area contributed by atoms with E-state index < -0.39 is 0 Å². The van der Waals surface area contributed by atoms with Crippen molar-refractivity contribution in [3.05, 3.63) is 48.3 Å². The number of benzene rings is 1. The number of rotatable bonds is 4. The molecule has 2 aliphatic heterocycles. The fraction of sp³-hybridized carbons (Fsp3) is 0.476. The van der Waals surface area contributed by atoms with Gasteiger partial charge in [-0.05, 0) is 42.9 Å². The number of hydrogen-bond donors (Lipinski definition) is 0. The summed E-state index contributed by atoms with van der Waals surface area (Å²) in [6, 6.07) is 9.72. The molecule has 1 unspecified atom stereocenters. The standard InChI is InChI=1S/C21H26N4O2/c1-23-19-6-3-2-5-17(19)18(15-20(23)26)21(27)24-12-7-16(8-13-24)9-14-25-11-4-10-22-25/h2-6,10-11,16,18H,7-9,12-15H2,1H3. The van der Waals surface area contributed by atoms with E-state index in [1.807, 2.05) is 52.3 Å². The third-order valence-corrected chi connectivity index (χ3v) is 5.98. The molecule has 6 heteroatoms. The Morgan fingerprint density at radius 3 is 2.70 bits per heavy atom. The summed E-state index contributed by atoms with van der Waals surface area (Å²) < 4.78 is 1.97. The van der Waals surface area contributed by atoms with Gasteiger partial charge in [0.2, 0.25) is 11.8 Å². The molecule has 2 aliphatic rings. The minimum absolute atomic E-state index is 0.0150. The second-order valence-electron chi connectivity index (χ2n) is 7.59. The van der Waals surface area contributed by atoms with Crippen LogP contribution in [-0.2, 0) is 16.1 Å². The summed E-state index contributed by atoms with van der Waals surface area (Å²) in [7, 11) is 1.78. The third-order valence-electron chi connectivity index (χ3n) is 5.98. The van der Waals surface area contributed by atoms with E-state index in [0.717, 1.165) is 50.1 Å². The van der Waals surface area contributed by atoms with Crippen LogP contribution in [0.4, 0.5) is 5.69 Å². The molecule has 1 atom stereocenters. The largest absolute Gasteiger partial charge is 0.342 e. The number of aromatic nitrogens is 2. The van der Waals surface area contributed by atoms with Crippen LogP contribution in [0.2, 0.25) is 0 Å². The predicted molar refractivity (Wildman–Crippen MR) is 103 cm³/mol. The molecule has 1 aromatic carbocycles. The first kappa shape index (κ1) is 17.8. The van der Waals surface area contributed by atoms with Crippen molar-refractivity contribution in [2.24, 2.45) is 5.92 Å². The number of hydrogen-bond acceptors (Lipinski definition) is 3. The van der Waals surface area contributed by atoms with Crippen molar-refractivity contribution in [2.75, 3.05) is 25.0 Å². The predicted octanol–water partition coefficient (Wildman–Crippen LogP) is 2.66. The van der Waals surface area contributed by atoms with Crippen LogP contribution in [-0.4, -0.2) is 46.6 Å². The zero-order valence-corrected chi connectivity index (χ0v) is 15.8. The molecule has 0 radical (unpaired) electrons. The van der Waals surface area contributed by atoms with Crippen LogP contribution in [0.15, 0.2) is 42.7 Å². The van der Waals surface area contributed by atoms with Crippen LogP contribution in [0.25, 0.3) is 0 Å². The molecular weight excluding hydrogens is 340 g/mol. The van der Waals surface area contributed by atoms with Gasteiger partial charge in [0.15, 0.2) is 0 Å². The van der Waals surface area contributed by atoms with E-state index in [0.29, 0.717) is 5.92 Å². The van der Waals surface area contributed by atoms with Crippen molar-refractivity contribution < 1.29 is 9.59 Å². The minimum Gasteiger partial charge on any atom is -0.342 e. The summed E-state index contributed by atoms with van der Waals surface area (Å²) in [6.07, 6.45) is 7.21. The van der Waals surface area contributed by atoms with Crippen LogP contribution >= 0.6 is 0 Å². The van der Waals surface area contributed by atoms with Crippen LogP contribution in [0.1, 0.15) is 37.2 Å².